The Labute approximate surface area is 150 Å². The molecule has 2 atom stereocenters. The summed E-state index contributed by atoms with van der Waals surface area (Å²) in [5.74, 6) is 0.164. The zero-order valence-electron chi connectivity index (χ0n) is 14.4. The van der Waals surface area contributed by atoms with Gasteiger partial charge in [0.1, 0.15) is 5.52 Å². The van der Waals surface area contributed by atoms with Crippen LogP contribution in [0.1, 0.15) is 33.1 Å². The van der Waals surface area contributed by atoms with Crippen molar-refractivity contribution in [2.24, 2.45) is 0 Å². The van der Waals surface area contributed by atoms with Gasteiger partial charge in [0.25, 0.3) is 0 Å². The van der Waals surface area contributed by atoms with Gasteiger partial charge in [-0.05, 0) is 39.2 Å². The number of aromatic amines is 1. The molecular formula is C18H21N5OS. The Morgan fingerprint density at radius 3 is 3.00 bits per heavy atom. The summed E-state index contributed by atoms with van der Waals surface area (Å²) in [4.78, 5) is 22.6. The lowest BCUT2D eigenvalue weighted by molar-refractivity contribution is -0.133. The number of rotatable bonds is 3. The molecule has 25 heavy (non-hydrogen) atoms. The average Bonchev–Trinajstić information content (AvgIpc) is 2.99. The first-order chi connectivity index (χ1) is 12.1. The number of hydrogen-bond acceptors (Lipinski definition) is 5. The molecule has 1 fully saturated rings. The molecule has 0 unspecified atom stereocenters. The maximum Gasteiger partial charge on any atom is 0.236 e. The second-order valence-corrected chi connectivity index (χ2v) is 7.91. The fourth-order valence-corrected chi connectivity index (χ4v) is 4.21. The molecule has 0 spiro atoms. The number of nitrogens with zero attached hydrogens (tertiary/aromatic N) is 4. The number of carbonyl (C=O) groups is 1. The average molecular weight is 355 g/mol. The highest BCUT2D eigenvalue weighted by Crippen LogP contribution is 2.27. The van der Waals surface area contributed by atoms with E-state index in [1.807, 2.05) is 36.1 Å². The molecule has 130 valence electrons. The molecular weight excluding hydrogens is 334 g/mol. The Morgan fingerprint density at radius 2 is 2.16 bits per heavy atom. The van der Waals surface area contributed by atoms with Gasteiger partial charge in [-0.15, -0.1) is 10.2 Å². The Balaban J connectivity index is 1.55. The highest BCUT2D eigenvalue weighted by atomic mass is 32.2. The predicted molar refractivity (Wildman–Crippen MR) is 99.5 cm³/mol. The molecule has 1 aliphatic heterocycles. The number of amides is 1. The summed E-state index contributed by atoms with van der Waals surface area (Å²) in [5, 5.41) is 9.87. The van der Waals surface area contributed by atoms with E-state index in [9.17, 15) is 4.79 Å². The third-order valence-corrected chi connectivity index (χ3v) is 5.76. The topological polar surface area (TPSA) is 74.8 Å². The molecule has 1 amide bonds. The quantitative estimate of drug-likeness (QED) is 0.729. The van der Waals surface area contributed by atoms with Crippen molar-refractivity contribution in [3.05, 3.63) is 24.3 Å². The monoisotopic (exact) mass is 355 g/mol. The van der Waals surface area contributed by atoms with Gasteiger partial charge in [0.2, 0.25) is 11.1 Å². The largest absolute Gasteiger partial charge is 0.339 e. The number of fused-ring (bicyclic) bond motifs is 3. The van der Waals surface area contributed by atoms with Gasteiger partial charge in [0.15, 0.2) is 5.65 Å². The molecule has 0 radical (unpaired) electrons. The van der Waals surface area contributed by atoms with Crippen LogP contribution in [0.15, 0.2) is 29.4 Å². The summed E-state index contributed by atoms with van der Waals surface area (Å²) in [6.45, 7) is 4.90. The third kappa shape index (κ3) is 3.08. The molecule has 3 aromatic rings. The van der Waals surface area contributed by atoms with Crippen molar-refractivity contribution in [2.45, 2.75) is 49.6 Å². The molecule has 0 bridgehead atoms. The van der Waals surface area contributed by atoms with Gasteiger partial charge in [-0.1, -0.05) is 30.0 Å². The van der Waals surface area contributed by atoms with Gasteiger partial charge in [-0.2, -0.15) is 0 Å². The van der Waals surface area contributed by atoms with E-state index in [0.717, 1.165) is 35.8 Å². The number of likely N-dealkylation sites (tertiary alicyclic amines) is 1. The maximum absolute atomic E-state index is 12.7. The van der Waals surface area contributed by atoms with Gasteiger partial charge >= 0.3 is 0 Å². The number of nitrogens with one attached hydrogen (secondary N) is 1. The molecule has 1 aliphatic rings. The van der Waals surface area contributed by atoms with E-state index in [1.54, 1.807) is 0 Å². The Hall–Kier alpha value is -2.15. The van der Waals surface area contributed by atoms with Crippen LogP contribution in [0.25, 0.3) is 22.1 Å². The van der Waals surface area contributed by atoms with Crippen molar-refractivity contribution >= 4 is 39.7 Å². The minimum atomic E-state index is -0.218. The summed E-state index contributed by atoms with van der Waals surface area (Å²) in [5.41, 5.74) is 2.47. The normalized spacial score (nSPS) is 19.4. The molecule has 1 aromatic carbocycles. The lowest BCUT2D eigenvalue weighted by Crippen LogP contribution is -2.45. The van der Waals surface area contributed by atoms with E-state index in [-0.39, 0.29) is 11.2 Å². The summed E-state index contributed by atoms with van der Waals surface area (Å²) in [6.07, 6.45) is 3.38. The highest BCUT2D eigenvalue weighted by Gasteiger charge is 2.28. The van der Waals surface area contributed by atoms with Crippen LogP contribution in [0.4, 0.5) is 0 Å². The number of benzene rings is 1. The Morgan fingerprint density at radius 1 is 1.32 bits per heavy atom. The summed E-state index contributed by atoms with van der Waals surface area (Å²) >= 11 is 1.38. The molecule has 1 N–H and O–H groups in total. The second kappa shape index (κ2) is 6.63. The van der Waals surface area contributed by atoms with Gasteiger partial charge < -0.3 is 9.88 Å². The van der Waals surface area contributed by atoms with Gasteiger partial charge in [0, 0.05) is 23.5 Å². The van der Waals surface area contributed by atoms with Crippen molar-refractivity contribution in [1.29, 1.82) is 0 Å². The number of hydrogen-bond donors (Lipinski definition) is 1. The van der Waals surface area contributed by atoms with Crippen molar-refractivity contribution in [1.82, 2.24) is 25.1 Å². The van der Waals surface area contributed by atoms with Crippen molar-refractivity contribution in [3.63, 3.8) is 0 Å². The van der Waals surface area contributed by atoms with Crippen LogP contribution in [0.2, 0.25) is 0 Å². The third-order valence-electron chi connectivity index (χ3n) is 4.82. The molecule has 2 aromatic heterocycles. The van der Waals surface area contributed by atoms with Crippen LogP contribution in [0.5, 0.6) is 0 Å². The van der Waals surface area contributed by atoms with Gasteiger partial charge in [0.05, 0.1) is 5.25 Å². The molecule has 1 saturated heterocycles. The number of para-hydroxylation sites is 1. The van der Waals surface area contributed by atoms with Crippen molar-refractivity contribution in [3.8, 4) is 0 Å². The Kier molecular flexibility index (Phi) is 4.33. The van der Waals surface area contributed by atoms with Crippen LogP contribution >= 0.6 is 11.8 Å². The second-order valence-electron chi connectivity index (χ2n) is 6.60. The fraction of sp³-hybridized carbons (Fsp3) is 0.444. The molecule has 3 heterocycles. The number of thioether (sulfide) groups is 1. The Bertz CT molecular complexity index is 924. The molecule has 4 rings (SSSR count). The summed E-state index contributed by atoms with van der Waals surface area (Å²) in [6, 6.07) is 8.26. The van der Waals surface area contributed by atoms with Crippen LogP contribution in [-0.2, 0) is 4.79 Å². The predicted octanol–water partition coefficient (Wildman–Crippen LogP) is 3.39. The molecule has 0 aliphatic carbocycles. The van der Waals surface area contributed by atoms with E-state index in [2.05, 4.69) is 27.1 Å². The van der Waals surface area contributed by atoms with E-state index in [0.29, 0.717) is 16.8 Å². The first-order valence-corrected chi connectivity index (χ1v) is 9.60. The van der Waals surface area contributed by atoms with Crippen molar-refractivity contribution in [2.75, 3.05) is 6.54 Å². The van der Waals surface area contributed by atoms with Crippen LogP contribution in [0.3, 0.4) is 0 Å². The standard InChI is InChI=1S/C18H21N5OS/c1-11-7-5-6-10-23(11)17(24)12(2)25-18-20-16-15(21-22-18)13-8-3-4-9-14(13)19-16/h3-4,8-9,11-12H,5-7,10H2,1-2H3,(H,19,20,22)/t11-,12+/m0/s1. The maximum atomic E-state index is 12.7. The minimum absolute atomic E-state index is 0.164. The summed E-state index contributed by atoms with van der Waals surface area (Å²) < 4.78 is 0. The number of aromatic nitrogens is 4. The zero-order valence-corrected chi connectivity index (χ0v) is 15.2. The van der Waals surface area contributed by atoms with Gasteiger partial charge in [-0.3, -0.25) is 4.79 Å². The van der Waals surface area contributed by atoms with Crippen LogP contribution in [-0.4, -0.2) is 48.8 Å². The SMILES string of the molecule is C[C@@H](Sc1nnc2c(n1)[nH]c1ccccc12)C(=O)N1CCCC[C@@H]1C. The summed E-state index contributed by atoms with van der Waals surface area (Å²) in [7, 11) is 0. The molecule has 6 nitrogen and oxygen atoms in total. The van der Waals surface area contributed by atoms with Crippen LogP contribution < -0.4 is 0 Å². The van der Waals surface area contributed by atoms with E-state index in [1.165, 1.54) is 18.2 Å². The van der Waals surface area contributed by atoms with Crippen molar-refractivity contribution < 1.29 is 4.79 Å². The van der Waals surface area contributed by atoms with E-state index in [4.69, 9.17) is 0 Å². The minimum Gasteiger partial charge on any atom is -0.339 e. The van der Waals surface area contributed by atoms with Gasteiger partial charge in [-0.25, -0.2) is 4.98 Å². The highest BCUT2D eigenvalue weighted by molar-refractivity contribution is 8.00. The molecule has 7 heteroatoms. The number of H-pyrrole nitrogens is 1. The number of carbonyl (C=O) groups excluding carboxylic acids is 1. The smallest absolute Gasteiger partial charge is 0.236 e. The molecule has 0 saturated carbocycles. The van der Waals surface area contributed by atoms with E-state index < -0.39 is 0 Å². The lowest BCUT2D eigenvalue weighted by atomic mass is 10.0. The number of piperidine rings is 1. The van der Waals surface area contributed by atoms with E-state index >= 15 is 0 Å². The first kappa shape index (κ1) is 16.3. The first-order valence-electron chi connectivity index (χ1n) is 8.72. The lowest BCUT2D eigenvalue weighted by Gasteiger charge is -2.34. The van der Waals surface area contributed by atoms with Crippen LogP contribution in [0, 0.1) is 0 Å². The zero-order chi connectivity index (χ0) is 17.4. The fourth-order valence-electron chi connectivity index (χ4n) is 3.42.